The largest absolute Gasteiger partial charge is 0.342 e. The molecular formula is C16H21N3O3S2. The molecule has 3 heterocycles. The van der Waals surface area contributed by atoms with Crippen LogP contribution in [0.4, 0.5) is 0 Å². The van der Waals surface area contributed by atoms with Crippen molar-refractivity contribution in [3.05, 3.63) is 22.7 Å². The molecule has 6 nitrogen and oxygen atoms in total. The van der Waals surface area contributed by atoms with Crippen molar-refractivity contribution in [3.8, 4) is 11.4 Å². The lowest BCUT2D eigenvalue weighted by Crippen LogP contribution is -2.40. The molecule has 1 fully saturated rings. The van der Waals surface area contributed by atoms with Crippen molar-refractivity contribution in [1.29, 1.82) is 0 Å². The minimum Gasteiger partial charge on any atom is -0.342 e. The first kappa shape index (κ1) is 17.3. The van der Waals surface area contributed by atoms with Gasteiger partial charge in [-0.3, -0.25) is 9.00 Å². The fourth-order valence-corrected chi connectivity index (χ4v) is 4.35. The zero-order valence-corrected chi connectivity index (χ0v) is 15.3. The molecule has 3 rings (SSSR count). The molecule has 2 unspecified atom stereocenters. The van der Waals surface area contributed by atoms with Crippen molar-refractivity contribution >= 4 is 28.0 Å². The van der Waals surface area contributed by atoms with E-state index in [-0.39, 0.29) is 11.7 Å². The topological polar surface area (TPSA) is 76.3 Å². The normalized spacial score (nSPS) is 18.1. The average Bonchev–Trinajstić information content (AvgIpc) is 3.19. The van der Waals surface area contributed by atoms with Gasteiger partial charge in [0.15, 0.2) is 0 Å². The molecule has 130 valence electrons. The molecule has 2 aromatic heterocycles. The molecule has 24 heavy (non-hydrogen) atoms. The molecule has 1 amide bonds. The monoisotopic (exact) mass is 367 g/mol. The highest BCUT2D eigenvalue weighted by molar-refractivity contribution is 7.85. The smallest absolute Gasteiger partial charge is 0.239 e. The van der Waals surface area contributed by atoms with Gasteiger partial charge >= 0.3 is 0 Å². The summed E-state index contributed by atoms with van der Waals surface area (Å²) >= 11 is 1.55. The minimum absolute atomic E-state index is 0.0344. The quantitative estimate of drug-likeness (QED) is 0.812. The second kappa shape index (κ2) is 8.02. The van der Waals surface area contributed by atoms with Crippen LogP contribution in [-0.4, -0.2) is 43.5 Å². The molecule has 0 radical (unpaired) electrons. The van der Waals surface area contributed by atoms with Crippen LogP contribution in [0.25, 0.3) is 11.4 Å². The third kappa shape index (κ3) is 4.10. The van der Waals surface area contributed by atoms with Crippen LogP contribution < -0.4 is 0 Å². The van der Waals surface area contributed by atoms with Gasteiger partial charge in [-0.15, -0.1) is 0 Å². The molecule has 2 atom stereocenters. The third-order valence-electron chi connectivity index (χ3n) is 4.17. The third-order valence-corrected chi connectivity index (χ3v) is 6.38. The number of aromatic nitrogens is 2. The molecule has 1 aliphatic heterocycles. The number of likely N-dealkylation sites (tertiary alicyclic amines) is 1. The lowest BCUT2D eigenvalue weighted by Gasteiger charge is -2.23. The van der Waals surface area contributed by atoms with E-state index in [0.29, 0.717) is 11.7 Å². The van der Waals surface area contributed by atoms with Crippen LogP contribution in [-0.2, 0) is 21.3 Å². The maximum absolute atomic E-state index is 12.5. The Hall–Kier alpha value is -1.54. The van der Waals surface area contributed by atoms with Crippen molar-refractivity contribution < 1.29 is 13.5 Å². The Morgan fingerprint density at radius 2 is 2.12 bits per heavy atom. The SMILES string of the molecule is CC(C(=O)N1CCCCCC1)S(=O)Cc1nc(-c2ccsc2)no1. The summed E-state index contributed by atoms with van der Waals surface area (Å²) in [6.45, 7) is 3.26. The van der Waals surface area contributed by atoms with E-state index in [2.05, 4.69) is 10.1 Å². The summed E-state index contributed by atoms with van der Waals surface area (Å²) in [6.07, 6.45) is 4.38. The van der Waals surface area contributed by atoms with Gasteiger partial charge in [0.2, 0.25) is 17.6 Å². The molecule has 1 saturated heterocycles. The first-order valence-corrected chi connectivity index (χ1v) is 10.5. The van der Waals surface area contributed by atoms with Gasteiger partial charge in [0.05, 0.1) is 0 Å². The number of amides is 1. The molecule has 1 aliphatic rings. The Kier molecular flexibility index (Phi) is 5.78. The van der Waals surface area contributed by atoms with Crippen LogP contribution in [0.5, 0.6) is 0 Å². The number of nitrogens with zero attached hydrogens (tertiary/aromatic N) is 3. The summed E-state index contributed by atoms with van der Waals surface area (Å²) in [5.41, 5.74) is 0.884. The molecule has 0 bridgehead atoms. The van der Waals surface area contributed by atoms with Crippen molar-refractivity contribution in [2.24, 2.45) is 0 Å². The Bertz CT molecular complexity index is 691. The molecule has 0 saturated carbocycles. The molecular weight excluding hydrogens is 346 g/mol. The lowest BCUT2D eigenvalue weighted by atomic mass is 10.2. The lowest BCUT2D eigenvalue weighted by molar-refractivity contribution is -0.130. The van der Waals surface area contributed by atoms with E-state index >= 15 is 0 Å². The highest BCUT2D eigenvalue weighted by atomic mass is 32.2. The standard InChI is InChI=1S/C16H21N3O3S2/c1-12(16(20)19-7-4-2-3-5-8-19)24(21)11-14-17-15(18-22-14)13-6-9-23-10-13/h6,9-10,12H,2-5,7-8,11H2,1H3. The molecule has 0 N–H and O–H groups in total. The first-order chi connectivity index (χ1) is 11.6. The van der Waals surface area contributed by atoms with E-state index in [0.717, 1.165) is 44.3 Å². The van der Waals surface area contributed by atoms with Gasteiger partial charge in [0, 0.05) is 34.8 Å². The van der Waals surface area contributed by atoms with E-state index < -0.39 is 16.0 Å². The summed E-state index contributed by atoms with van der Waals surface area (Å²) in [7, 11) is -1.37. The van der Waals surface area contributed by atoms with Gasteiger partial charge in [0.1, 0.15) is 11.0 Å². The van der Waals surface area contributed by atoms with Gasteiger partial charge in [0.25, 0.3) is 0 Å². The number of hydrogen-bond acceptors (Lipinski definition) is 6. The van der Waals surface area contributed by atoms with E-state index in [1.807, 2.05) is 21.7 Å². The molecule has 0 spiro atoms. The van der Waals surface area contributed by atoms with Crippen LogP contribution in [0, 0.1) is 0 Å². The van der Waals surface area contributed by atoms with Gasteiger partial charge in [-0.05, 0) is 31.2 Å². The fourth-order valence-electron chi connectivity index (χ4n) is 2.73. The van der Waals surface area contributed by atoms with Crippen LogP contribution in [0.3, 0.4) is 0 Å². The fraction of sp³-hybridized carbons (Fsp3) is 0.562. The van der Waals surface area contributed by atoms with Gasteiger partial charge in [-0.1, -0.05) is 18.0 Å². The van der Waals surface area contributed by atoms with Crippen LogP contribution >= 0.6 is 11.3 Å². The number of rotatable bonds is 5. The van der Waals surface area contributed by atoms with E-state index in [1.165, 1.54) is 0 Å². The van der Waals surface area contributed by atoms with Crippen molar-refractivity contribution in [3.63, 3.8) is 0 Å². The number of hydrogen-bond donors (Lipinski definition) is 0. The second-order valence-corrected chi connectivity index (χ2v) is 8.47. The van der Waals surface area contributed by atoms with Crippen molar-refractivity contribution in [1.82, 2.24) is 15.0 Å². The van der Waals surface area contributed by atoms with Gasteiger partial charge in [-0.25, -0.2) is 0 Å². The number of carbonyl (C=O) groups is 1. The van der Waals surface area contributed by atoms with Crippen molar-refractivity contribution in [2.45, 2.75) is 43.6 Å². The molecule has 0 aromatic carbocycles. The summed E-state index contributed by atoms with van der Waals surface area (Å²) in [5, 5.41) is 7.22. The minimum atomic E-state index is -1.37. The van der Waals surface area contributed by atoms with Gasteiger partial charge < -0.3 is 9.42 Å². The van der Waals surface area contributed by atoms with Crippen LogP contribution in [0.2, 0.25) is 0 Å². The first-order valence-electron chi connectivity index (χ1n) is 8.16. The summed E-state index contributed by atoms with van der Waals surface area (Å²) in [4.78, 5) is 18.7. The van der Waals surface area contributed by atoms with E-state index in [9.17, 15) is 9.00 Å². The summed E-state index contributed by atoms with van der Waals surface area (Å²) in [6, 6.07) is 1.90. The van der Waals surface area contributed by atoms with E-state index in [1.54, 1.807) is 18.3 Å². The van der Waals surface area contributed by atoms with E-state index in [4.69, 9.17) is 4.52 Å². The zero-order valence-electron chi connectivity index (χ0n) is 13.6. The maximum atomic E-state index is 12.5. The molecule has 0 aliphatic carbocycles. The predicted molar refractivity (Wildman–Crippen MR) is 94.0 cm³/mol. The average molecular weight is 367 g/mol. The molecule has 2 aromatic rings. The van der Waals surface area contributed by atoms with Crippen molar-refractivity contribution in [2.75, 3.05) is 13.1 Å². The predicted octanol–water partition coefficient (Wildman–Crippen LogP) is 2.84. The highest BCUT2D eigenvalue weighted by Gasteiger charge is 2.27. The number of carbonyl (C=O) groups excluding carboxylic acids is 1. The maximum Gasteiger partial charge on any atom is 0.239 e. The Labute approximate surface area is 147 Å². The number of thiophene rings is 1. The Morgan fingerprint density at radius 1 is 1.38 bits per heavy atom. The van der Waals surface area contributed by atoms with Crippen LogP contribution in [0.1, 0.15) is 38.5 Å². The molecule has 8 heteroatoms. The Balaban J connectivity index is 1.60. The zero-order chi connectivity index (χ0) is 16.9. The van der Waals surface area contributed by atoms with Gasteiger partial charge in [-0.2, -0.15) is 16.3 Å². The highest BCUT2D eigenvalue weighted by Crippen LogP contribution is 2.20. The second-order valence-electron chi connectivity index (χ2n) is 5.93. The van der Waals surface area contributed by atoms with Crippen LogP contribution in [0.15, 0.2) is 21.3 Å². The summed E-state index contributed by atoms with van der Waals surface area (Å²) < 4.78 is 17.7. The summed E-state index contributed by atoms with van der Waals surface area (Å²) in [5.74, 6) is 0.880. The Morgan fingerprint density at radius 3 is 2.79 bits per heavy atom.